The summed E-state index contributed by atoms with van der Waals surface area (Å²) in [5, 5.41) is 20.0. The molecule has 1 aromatic rings. The Labute approximate surface area is 119 Å². The number of carbonyl (C=O) groups is 2. The number of para-hydroxylation sites is 1. The first-order chi connectivity index (χ1) is 10.0. The molecule has 7 nitrogen and oxygen atoms in total. The third kappa shape index (κ3) is 3.27. The molecule has 0 radical (unpaired) electrons. The minimum Gasteiger partial charge on any atom is -0.478 e. The van der Waals surface area contributed by atoms with Gasteiger partial charge in [0.05, 0.1) is 30.5 Å². The Morgan fingerprint density at radius 3 is 2.95 bits per heavy atom. The van der Waals surface area contributed by atoms with Crippen molar-refractivity contribution < 1.29 is 23.8 Å². The first kappa shape index (κ1) is 14.7. The standard InChI is InChI=1S/C13H12FN3O4/c14-10-3-1-2-9(12(18)19)11(10)16-13(20)17-4-5-21-8(6-15)7-17/h1-3,8H,4-5,7H2,(H,16,20)(H,18,19). The van der Waals surface area contributed by atoms with E-state index in [2.05, 4.69) is 5.32 Å². The molecule has 1 fully saturated rings. The largest absolute Gasteiger partial charge is 0.478 e. The van der Waals surface area contributed by atoms with Crippen LogP contribution in [-0.4, -0.2) is 47.8 Å². The number of benzene rings is 1. The van der Waals surface area contributed by atoms with Gasteiger partial charge in [0.2, 0.25) is 0 Å². The highest BCUT2D eigenvalue weighted by atomic mass is 19.1. The van der Waals surface area contributed by atoms with E-state index in [1.165, 1.54) is 17.0 Å². The molecular weight excluding hydrogens is 281 g/mol. The maximum Gasteiger partial charge on any atom is 0.337 e. The monoisotopic (exact) mass is 293 g/mol. The zero-order chi connectivity index (χ0) is 15.4. The summed E-state index contributed by atoms with van der Waals surface area (Å²) >= 11 is 0. The molecule has 1 aromatic carbocycles. The van der Waals surface area contributed by atoms with Gasteiger partial charge < -0.3 is 20.1 Å². The van der Waals surface area contributed by atoms with Crippen molar-refractivity contribution in [2.75, 3.05) is 25.0 Å². The number of nitrogens with one attached hydrogen (secondary N) is 1. The Morgan fingerprint density at radius 1 is 1.52 bits per heavy atom. The highest BCUT2D eigenvalue weighted by molar-refractivity contribution is 6.00. The van der Waals surface area contributed by atoms with Gasteiger partial charge in [-0.15, -0.1) is 0 Å². The Balaban J connectivity index is 2.17. The minimum absolute atomic E-state index is 0.0409. The average Bonchev–Trinajstić information content (AvgIpc) is 2.49. The van der Waals surface area contributed by atoms with Crippen LogP contribution in [0.25, 0.3) is 0 Å². The fourth-order valence-electron chi connectivity index (χ4n) is 1.93. The molecule has 1 unspecified atom stereocenters. The molecule has 2 rings (SSSR count). The summed E-state index contributed by atoms with van der Waals surface area (Å²) in [4.78, 5) is 24.4. The minimum atomic E-state index is -1.35. The normalized spacial score (nSPS) is 17.9. The Morgan fingerprint density at radius 2 is 2.29 bits per heavy atom. The molecule has 8 heteroatoms. The molecule has 2 amide bonds. The second-order valence-corrected chi connectivity index (χ2v) is 4.33. The first-order valence-electron chi connectivity index (χ1n) is 6.12. The number of nitrogens with zero attached hydrogens (tertiary/aromatic N) is 2. The molecule has 1 aliphatic rings. The van der Waals surface area contributed by atoms with Crippen LogP contribution in [0.4, 0.5) is 14.9 Å². The van der Waals surface area contributed by atoms with Gasteiger partial charge in [0, 0.05) is 6.54 Å². The van der Waals surface area contributed by atoms with Crippen molar-refractivity contribution >= 4 is 17.7 Å². The SMILES string of the molecule is N#CC1CN(C(=O)Nc2c(F)cccc2C(=O)O)CCO1. The molecule has 110 valence electrons. The van der Waals surface area contributed by atoms with Crippen molar-refractivity contribution in [2.45, 2.75) is 6.10 Å². The number of rotatable bonds is 2. The van der Waals surface area contributed by atoms with Crippen LogP contribution in [0.1, 0.15) is 10.4 Å². The van der Waals surface area contributed by atoms with Crippen LogP contribution in [0, 0.1) is 17.1 Å². The lowest BCUT2D eigenvalue weighted by Gasteiger charge is -2.30. The lowest BCUT2D eigenvalue weighted by atomic mass is 10.1. The maximum absolute atomic E-state index is 13.7. The lowest BCUT2D eigenvalue weighted by Crippen LogP contribution is -2.47. The summed E-state index contributed by atoms with van der Waals surface area (Å²) in [5.41, 5.74) is -0.733. The Kier molecular flexibility index (Phi) is 4.35. The topological polar surface area (TPSA) is 103 Å². The number of carbonyl (C=O) groups excluding carboxylic acids is 1. The lowest BCUT2D eigenvalue weighted by molar-refractivity contribution is 0.0181. The zero-order valence-corrected chi connectivity index (χ0v) is 10.9. The van der Waals surface area contributed by atoms with Gasteiger partial charge in [-0.1, -0.05) is 6.07 Å². The van der Waals surface area contributed by atoms with E-state index in [0.29, 0.717) is 0 Å². The fraction of sp³-hybridized carbons (Fsp3) is 0.308. The molecule has 0 aliphatic carbocycles. The highest BCUT2D eigenvalue weighted by Crippen LogP contribution is 2.20. The summed E-state index contributed by atoms with van der Waals surface area (Å²) in [7, 11) is 0. The summed E-state index contributed by atoms with van der Waals surface area (Å²) in [6.07, 6.45) is -0.746. The summed E-state index contributed by atoms with van der Waals surface area (Å²) in [6, 6.07) is 4.70. The molecule has 0 aromatic heterocycles. The van der Waals surface area contributed by atoms with Gasteiger partial charge in [-0.25, -0.2) is 14.0 Å². The third-order valence-corrected chi connectivity index (χ3v) is 2.97. The van der Waals surface area contributed by atoms with Gasteiger partial charge >= 0.3 is 12.0 Å². The van der Waals surface area contributed by atoms with Crippen LogP contribution in [0.5, 0.6) is 0 Å². The molecule has 0 saturated carbocycles. The number of hydrogen-bond donors (Lipinski definition) is 2. The number of halogens is 1. The van der Waals surface area contributed by atoms with Crippen LogP contribution < -0.4 is 5.32 Å². The van der Waals surface area contributed by atoms with Crippen molar-refractivity contribution in [2.24, 2.45) is 0 Å². The molecule has 1 heterocycles. The predicted octanol–water partition coefficient (Wildman–Crippen LogP) is 1.28. The molecule has 0 bridgehead atoms. The van der Waals surface area contributed by atoms with Crippen LogP contribution in [0.2, 0.25) is 0 Å². The van der Waals surface area contributed by atoms with Gasteiger partial charge in [-0.3, -0.25) is 0 Å². The van der Waals surface area contributed by atoms with E-state index in [4.69, 9.17) is 15.1 Å². The first-order valence-corrected chi connectivity index (χ1v) is 6.12. The number of nitriles is 1. The van der Waals surface area contributed by atoms with Crippen LogP contribution >= 0.6 is 0 Å². The smallest absolute Gasteiger partial charge is 0.337 e. The van der Waals surface area contributed by atoms with Crippen LogP contribution in [0.3, 0.4) is 0 Å². The van der Waals surface area contributed by atoms with E-state index < -0.39 is 29.6 Å². The van der Waals surface area contributed by atoms with Crippen molar-refractivity contribution in [3.8, 4) is 6.07 Å². The maximum atomic E-state index is 13.7. The second kappa shape index (κ2) is 6.19. The number of anilines is 1. The van der Waals surface area contributed by atoms with Crippen molar-refractivity contribution in [1.82, 2.24) is 4.90 Å². The van der Waals surface area contributed by atoms with Gasteiger partial charge in [0.15, 0.2) is 6.10 Å². The Bertz CT molecular complexity index is 614. The van der Waals surface area contributed by atoms with E-state index in [1.54, 1.807) is 0 Å². The Hall–Kier alpha value is -2.66. The van der Waals surface area contributed by atoms with Crippen LogP contribution in [-0.2, 0) is 4.74 Å². The zero-order valence-electron chi connectivity index (χ0n) is 10.9. The van der Waals surface area contributed by atoms with E-state index in [0.717, 1.165) is 6.07 Å². The fourth-order valence-corrected chi connectivity index (χ4v) is 1.93. The number of amides is 2. The highest BCUT2D eigenvalue weighted by Gasteiger charge is 2.25. The molecule has 1 saturated heterocycles. The van der Waals surface area contributed by atoms with Gasteiger partial charge in [-0.2, -0.15) is 5.26 Å². The summed E-state index contributed by atoms with van der Waals surface area (Å²) in [5.74, 6) is -2.19. The molecule has 0 spiro atoms. The number of carboxylic acid groups (broad SMARTS) is 1. The number of aromatic carboxylic acids is 1. The average molecular weight is 293 g/mol. The predicted molar refractivity (Wildman–Crippen MR) is 69.3 cm³/mol. The second-order valence-electron chi connectivity index (χ2n) is 4.33. The van der Waals surface area contributed by atoms with E-state index >= 15 is 0 Å². The van der Waals surface area contributed by atoms with E-state index in [-0.39, 0.29) is 25.3 Å². The number of hydrogen-bond acceptors (Lipinski definition) is 4. The molecule has 2 N–H and O–H groups in total. The van der Waals surface area contributed by atoms with Crippen molar-refractivity contribution in [3.63, 3.8) is 0 Å². The third-order valence-electron chi connectivity index (χ3n) is 2.97. The number of urea groups is 1. The van der Waals surface area contributed by atoms with E-state index in [9.17, 15) is 14.0 Å². The number of ether oxygens (including phenoxy) is 1. The van der Waals surface area contributed by atoms with Gasteiger partial charge in [0.1, 0.15) is 5.82 Å². The van der Waals surface area contributed by atoms with Crippen LogP contribution in [0.15, 0.2) is 18.2 Å². The van der Waals surface area contributed by atoms with Crippen molar-refractivity contribution in [1.29, 1.82) is 5.26 Å². The molecular formula is C13H12FN3O4. The van der Waals surface area contributed by atoms with Gasteiger partial charge in [-0.05, 0) is 12.1 Å². The quantitative estimate of drug-likeness (QED) is 0.855. The van der Waals surface area contributed by atoms with E-state index in [1.807, 2.05) is 6.07 Å². The molecule has 1 aliphatic heterocycles. The van der Waals surface area contributed by atoms with Gasteiger partial charge in [0.25, 0.3) is 0 Å². The molecule has 21 heavy (non-hydrogen) atoms. The number of carboxylic acids is 1. The summed E-state index contributed by atoms with van der Waals surface area (Å²) in [6.45, 7) is 0.467. The van der Waals surface area contributed by atoms with Crippen molar-refractivity contribution in [3.05, 3.63) is 29.6 Å². The summed E-state index contributed by atoms with van der Waals surface area (Å²) < 4.78 is 18.8. The number of morpholine rings is 1. The molecule has 1 atom stereocenters.